The molecule has 15 rings (SSSR count). The molecule has 76 heavy (non-hydrogen) atoms. The van der Waals surface area contributed by atoms with Gasteiger partial charge in [0.15, 0.2) is 5.78 Å². The molecular formula is C67H84N2O7. The summed E-state index contributed by atoms with van der Waals surface area (Å²) in [5, 5.41) is 5.95. The highest BCUT2D eigenvalue weighted by atomic mass is 16.6. The number of amides is 3. The number of hydrogen-bond acceptors (Lipinski definition) is 7. The van der Waals surface area contributed by atoms with Gasteiger partial charge in [-0.1, -0.05) is 126 Å². The molecule has 9 heteroatoms. The molecule has 6 bridgehead atoms. The molecule has 2 aromatic rings. The third-order valence-electron chi connectivity index (χ3n) is 23.6. The summed E-state index contributed by atoms with van der Waals surface area (Å²) >= 11 is 0. The highest BCUT2D eigenvalue weighted by Crippen LogP contribution is 2.73. The molecule has 2 aromatic carbocycles. The molecule has 5 aliphatic heterocycles. The van der Waals surface area contributed by atoms with Crippen molar-refractivity contribution in [1.29, 1.82) is 0 Å². The van der Waals surface area contributed by atoms with Crippen LogP contribution in [0.4, 0.5) is 0 Å². The van der Waals surface area contributed by atoms with Gasteiger partial charge in [0, 0.05) is 54.5 Å². The molecule has 0 aromatic heterocycles. The van der Waals surface area contributed by atoms with Gasteiger partial charge in [0.1, 0.15) is 23.5 Å². The van der Waals surface area contributed by atoms with Gasteiger partial charge in [-0.3, -0.25) is 24.5 Å². The fourth-order valence-electron chi connectivity index (χ4n) is 21.8. The van der Waals surface area contributed by atoms with Crippen LogP contribution in [0.3, 0.4) is 0 Å². The fraction of sp³-hybridized carbons (Fsp3) is 0.642. The Bertz CT molecular complexity index is 2870. The second kappa shape index (κ2) is 17.4. The van der Waals surface area contributed by atoms with Crippen molar-refractivity contribution in [3.8, 4) is 5.75 Å². The summed E-state index contributed by atoms with van der Waals surface area (Å²) in [6, 6.07) is 17.4. The summed E-state index contributed by atoms with van der Waals surface area (Å²) < 4.78 is 20.9. The van der Waals surface area contributed by atoms with E-state index < -0.39 is 40.2 Å². The number of fused-ring (bicyclic) bond motifs is 8. The smallest absolute Gasteiger partial charge is 0.237 e. The van der Waals surface area contributed by atoms with Gasteiger partial charge in [0.05, 0.1) is 24.0 Å². The van der Waals surface area contributed by atoms with Crippen LogP contribution in [0.15, 0.2) is 96.6 Å². The molecule has 6 unspecified atom stereocenters. The minimum atomic E-state index is -1.03. The van der Waals surface area contributed by atoms with Crippen molar-refractivity contribution in [2.24, 2.45) is 116 Å². The zero-order valence-corrected chi connectivity index (χ0v) is 46.9. The second-order valence-electron chi connectivity index (χ2n) is 28.6. The van der Waals surface area contributed by atoms with E-state index in [9.17, 15) is 14.4 Å². The second-order valence-corrected chi connectivity index (χ2v) is 28.6. The molecule has 3 saturated heterocycles. The zero-order valence-electron chi connectivity index (χ0n) is 46.9. The van der Waals surface area contributed by atoms with E-state index in [4.69, 9.17) is 14.2 Å². The van der Waals surface area contributed by atoms with Crippen LogP contribution in [-0.2, 0) is 47.9 Å². The summed E-state index contributed by atoms with van der Waals surface area (Å²) in [6.45, 7) is 26.2. The van der Waals surface area contributed by atoms with Gasteiger partial charge >= 0.3 is 0 Å². The summed E-state index contributed by atoms with van der Waals surface area (Å²) in [5.41, 5.74) is 4.19. The molecule has 9 nitrogen and oxygen atoms in total. The zero-order chi connectivity index (χ0) is 53.3. The van der Waals surface area contributed by atoms with Crippen LogP contribution in [0.1, 0.15) is 118 Å². The van der Waals surface area contributed by atoms with Crippen LogP contribution in [0.5, 0.6) is 5.75 Å². The molecule has 0 radical (unpaired) electrons. The van der Waals surface area contributed by atoms with Crippen LogP contribution >= 0.6 is 0 Å². The van der Waals surface area contributed by atoms with Gasteiger partial charge in [-0.15, -0.1) is 6.58 Å². The van der Waals surface area contributed by atoms with E-state index in [1.165, 1.54) is 23.1 Å². The molecule has 13 aliphatic rings. The number of nitrogens with one attached hydrogen (secondary N) is 2. The molecule has 7 fully saturated rings. The summed E-state index contributed by atoms with van der Waals surface area (Å²) in [7, 11) is 1.72. The Morgan fingerprint density at radius 1 is 0.684 bits per heavy atom. The topological polar surface area (TPSA) is 123 Å². The lowest BCUT2D eigenvalue weighted by molar-refractivity contribution is -0.140. The molecule has 4 saturated carbocycles. The molecular weight excluding hydrogens is 945 g/mol. The standard InChI is InChI=1S/C67H84N2O7/c1-12-63(7)30-37(5)50-47-44(26-39-15-17-40(18-16-39)27-45-48(56(70)54(47)63)62(73)68-60(45)71)53-42(25-35(3)29-66(50,53)10)14-13-23-64(8)31-38(6)51-49-55(64)59-57(76-59)46-33-67(74-11,69-61(46)72)32-41-19-21-43(22-20-41)75-58(49)52-36(4)24-34(2)28-65(51,52)9/h12-13,15-23,30-31,34-36,42,44-55,57-59H,1,14,24-29,32-33H2,2-11H3,(H,69,72)(H,68,71,73)/b23-13-/t34-,35-,36+,42+,44+,45?,46+,47?,48-,49+,50?,51-,52+,53?,54+,55?,57?,58+,59-,63+,64+,65+,66+,67-/m1/s1. The Balaban J connectivity index is 0.911. The van der Waals surface area contributed by atoms with Crippen LogP contribution in [0, 0.1) is 116 Å². The van der Waals surface area contributed by atoms with Crippen LogP contribution in [0.2, 0.25) is 0 Å². The van der Waals surface area contributed by atoms with Crippen molar-refractivity contribution in [1.82, 2.24) is 10.6 Å². The third kappa shape index (κ3) is 7.40. The molecule has 8 aliphatic carbocycles. The van der Waals surface area contributed by atoms with Crippen molar-refractivity contribution in [2.75, 3.05) is 7.11 Å². The number of allylic oxidation sites excluding steroid dienone is 7. The van der Waals surface area contributed by atoms with Crippen molar-refractivity contribution >= 4 is 23.5 Å². The summed E-state index contributed by atoms with van der Waals surface area (Å²) in [6.07, 6.45) is 19.4. The van der Waals surface area contributed by atoms with Crippen molar-refractivity contribution in [3.63, 3.8) is 0 Å². The highest BCUT2D eigenvalue weighted by molar-refractivity contribution is 6.16. The van der Waals surface area contributed by atoms with E-state index in [0.29, 0.717) is 60.7 Å². The monoisotopic (exact) mass is 1030 g/mol. The lowest BCUT2D eigenvalue weighted by Crippen LogP contribution is -2.49. The number of Topliss-reactive ketones (excluding diaryl/α,β-unsaturated/α-hetero) is 1. The van der Waals surface area contributed by atoms with Crippen LogP contribution < -0.4 is 15.4 Å². The van der Waals surface area contributed by atoms with E-state index in [2.05, 4.69) is 152 Å². The predicted octanol–water partition coefficient (Wildman–Crippen LogP) is 11.3. The molecule has 3 amide bonds. The lowest BCUT2D eigenvalue weighted by Gasteiger charge is -2.51. The SMILES string of the molecule is C=C[C@@]1(C)C=C(C)C2C3[C@H](Cc4ccc(cc4)CC4C(=O)NC(=O)[C@H]4C(=O)[C@H]31)C1[C@@H](C/C=C\[C@@]3(C)C=C(C)[C@@H]4[C@H]5C3[C@H]3OC3[C@@H]3C[C@](OC)(Cc6ccc(cc6)O[C@@H]5[C@@H]5[C@@H](C)C[C@@H](C)C[C@]54C)NC3=O)C[C@@H](C)C[C@@]21C. The van der Waals surface area contributed by atoms with E-state index >= 15 is 4.79 Å². The van der Waals surface area contributed by atoms with E-state index in [0.717, 1.165) is 49.0 Å². The van der Waals surface area contributed by atoms with Crippen molar-refractivity contribution in [3.05, 3.63) is 113 Å². The minimum absolute atomic E-state index is 0.0240. The molecule has 404 valence electrons. The number of imide groups is 1. The Morgan fingerprint density at radius 2 is 1.32 bits per heavy atom. The van der Waals surface area contributed by atoms with E-state index in [1.54, 1.807) is 7.11 Å². The Kier molecular flexibility index (Phi) is 11.7. The van der Waals surface area contributed by atoms with E-state index in [1.807, 2.05) is 6.08 Å². The molecule has 24 atom stereocenters. The Hall–Kier alpha value is -4.60. The summed E-state index contributed by atoms with van der Waals surface area (Å²) in [4.78, 5) is 57.6. The number of ketones is 1. The number of ether oxygens (including phenoxy) is 3. The number of benzene rings is 2. The van der Waals surface area contributed by atoms with Gasteiger partial charge in [0.2, 0.25) is 17.7 Å². The maximum Gasteiger partial charge on any atom is 0.237 e. The largest absolute Gasteiger partial charge is 0.490 e. The van der Waals surface area contributed by atoms with Gasteiger partial charge in [-0.05, 0) is 152 Å². The van der Waals surface area contributed by atoms with Crippen LogP contribution in [0.25, 0.3) is 0 Å². The first kappa shape index (κ1) is 50.9. The first-order chi connectivity index (χ1) is 36.1. The van der Waals surface area contributed by atoms with Gasteiger partial charge < -0.3 is 19.5 Å². The normalized spacial score (nSPS) is 49.5. The maximum atomic E-state index is 15.7. The average molecular weight is 1030 g/mol. The number of methoxy groups -OCH3 is 1. The van der Waals surface area contributed by atoms with E-state index in [-0.39, 0.29) is 82.2 Å². The van der Waals surface area contributed by atoms with Crippen LogP contribution in [-0.4, -0.2) is 54.7 Å². The maximum absolute atomic E-state index is 15.7. The fourth-order valence-corrected chi connectivity index (χ4v) is 21.8. The Labute approximate surface area is 452 Å². The van der Waals surface area contributed by atoms with Gasteiger partial charge in [-0.25, -0.2) is 0 Å². The molecule has 0 spiro atoms. The predicted molar refractivity (Wildman–Crippen MR) is 293 cm³/mol. The number of carbonyl (C=O) groups excluding carboxylic acids is 4. The number of epoxide rings is 1. The molecule has 5 heterocycles. The quantitative estimate of drug-likeness (QED) is 0.132. The van der Waals surface area contributed by atoms with Crippen molar-refractivity contribution in [2.45, 2.75) is 144 Å². The molecule has 2 N–H and O–H groups in total. The minimum Gasteiger partial charge on any atom is -0.490 e. The first-order valence-corrected chi connectivity index (χ1v) is 29.6. The average Bonchev–Trinajstić information content (AvgIpc) is 3.83. The number of rotatable bonds is 5. The Morgan fingerprint density at radius 3 is 2.00 bits per heavy atom. The summed E-state index contributed by atoms with van der Waals surface area (Å²) in [5.74, 6) is 0.864. The highest BCUT2D eigenvalue weighted by Gasteiger charge is 2.72. The van der Waals surface area contributed by atoms with Gasteiger partial charge in [0.25, 0.3) is 0 Å². The van der Waals surface area contributed by atoms with Gasteiger partial charge in [-0.2, -0.15) is 0 Å². The lowest BCUT2D eigenvalue weighted by atomic mass is 9.52. The number of carbonyl (C=O) groups is 4. The third-order valence-corrected chi connectivity index (χ3v) is 23.6. The van der Waals surface area contributed by atoms with Crippen molar-refractivity contribution < 1.29 is 33.4 Å². The first-order valence-electron chi connectivity index (χ1n) is 29.6. The number of hydrogen-bond donors (Lipinski definition) is 2.